The van der Waals surface area contributed by atoms with Crippen molar-refractivity contribution in [2.45, 2.75) is 29.4 Å². The van der Waals surface area contributed by atoms with Gasteiger partial charge in [0.1, 0.15) is 4.75 Å². The van der Waals surface area contributed by atoms with E-state index in [2.05, 4.69) is 18.2 Å². The third-order valence-corrected chi connectivity index (χ3v) is 6.04. The third kappa shape index (κ3) is 6.45. The number of nitriles is 1. The van der Waals surface area contributed by atoms with Gasteiger partial charge in [-0.1, -0.05) is 65.9 Å². The molecule has 0 bridgehead atoms. The molecule has 5 heteroatoms. The van der Waals surface area contributed by atoms with Gasteiger partial charge in [-0.25, -0.2) is 0 Å². The summed E-state index contributed by atoms with van der Waals surface area (Å²) in [7, 11) is 3.19. The van der Waals surface area contributed by atoms with Crippen molar-refractivity contribution in [3.63, 3.8) is 0 Å². The maximum absolute atomic E-state index is 9.70. The van der Waals surface area contributed by atoms with Crippen molar-refractivity contribution >= 4 is 23.4 Å². The maximum Gasteiger partial charge on any atom is 0.161 e. The highest BCUT2D eigenvalue weighted by atomic mass is 35.5. The number of aryl methyl sites for hydroxylation is 1. The summed E-state index contributed by atoms with van der Waals surface area (Å²) in [5.74, 6) is 1.90. The van der Waals surface area contributed by atoms with Crippen molar-refractivity contribution in [1.82, 2.24) is 0 Å². The Bertz CT molecular complexity index is 971. The molecule has 0 radical (unpaired) electrons. The first kappa shape index (κ1) is 23.7. The fourth-order valence-corrected chi connectivity index (χ4v) is 3.90. The number of halogens is 1. The van der Waals surface area contributed by atoms with E-state index in [1.165, 1.54) is 22.9 Å². The lowest BCUT2D eigenvalue weighted by molar-refractivity contribution is 0.354. The van der Waals surface area contributed by atoms with E-state index in [9.17, 15) is 5.26 Å². The van der Waals surface area contributed by atoms with Crippen LogP contribution in [0.15, 0.2) is 77.7 Å². The van der Waals surface area contributed by atoms with Crippen LogP contribution in [0.1, 0.15) is 23.6 Å². The lowest BCUT2D eigenvalue weighted by Crippen LogP contribution is -2.14. The van der Waals surface area contributed by atoms with Gasteiger partial charge in [0.05, 0.1) is 20.3 Å². The first-order valence-corrected chi connectivity index (χ1v) is 10.8. The summed E-state index contributed by atoms with van der Waals surface area (Å²) in [5, 5.41) is 9.70. The van der Waals surface area contributed by atoms with Crippen molar-refractivity contribution in [3.8, 4) is 17.6 Å². The molecule has 0 aliphatic heterocycles. The minimum Gasteiger partial charge on any atom is -0.493 e. The number of hydrogen-bond donors (Lipinski definition) is 0. The molecule has 0 fully saturated rings. The van der Waals surface area contributed by atoms with E-state index in [4.69, 9.17) is 21.1 Å². The number of nitrogens with zero attached hydrogens (tertiary/aromatic N) is 1. The van der Waals surface area contributed by atoms with Gasteiger partial charge in [-0.3, -0.25) is 0 Å². The van der Waals surface area contributed by atoms with Crippen LogP contribution < -0.4 is 9.47 Å². The molecule has 3 rings (SSSR count). The van der Waals surface area contributed by atoms with Crippen LogP contribution in [-0.2, 0) is 10.6 Å². The second kappa shape index (κ2) is 11.5. The van der Waals surface area contributed by atoms with E-state index < -0.39 is 4.75 Å². The molecule has 30 heavy (non-hydrogen) atoms. The molecule has 1 atom stereocenters. The lowest BCUT2D eigenvalue weighted by atomic mass is 10.0. The maximum atomic E-state index is 9.70. The van der Waals surface area contributed by atoms with E-state index in [1.54, 1.807) is 14.2 Å². The number of thioether (sulfide) groups is 1. The molecule has 0 spiro atoms. The van der Waals surface area contributed by atoms with Gasteiger partial charge in [-0.05, 0) is 49.2 Å². The van der Waals surface area contributed by atoms with Gasteiger partial charge in [-0.15, -0.1) is 11.6 Å². The Morgan fingerprint density at radius 2 is 1.57 bits per heavy atom. The standard InChI is InChI=1S/C18H19NO2S.C7H7Cl/c1-13-5-8-15(9-6-13)22-18(2,12-19)14-7-10-16(20-3)17(11-14)21-4;8-6-7-4-2-1-3-5-7/h5-11H,1-4H3;1-5H,6H2. The predicted octanol–water partition coefficient (Wildman–Crippen LogP) is 6.97. The van der Waals surface area contributed by atoms with Crippen molar-refractivity contribution in [1.29, 1.82) is 5.26 Å². The van der Waals surface area contributed by atoms with Gasteiger partial charge in [0, 0.05) is 10.8 Å². The smallest absolute Gasteiger partial charge is 0.161 e. The fourth-order valence-electron chi connectivity index (χ4n) is 2.69. The van der Waals surface area contributed by atoms with Crippen LogP contribution in [-0.4, -0.2) is 14.2 Å². The molecule has 0 aliphatic carbocycles. The van der Waals surface area contributed by atoms with E-state index >= 15 is 0 Å². The molecular weight excluding hydrogens is 414 g/mol. The second-order valence-electron chi connectivity index (χ2n) is 6.75. The average Bonchev–Trinajstić information content (AvgIpc) is 2.81. The highest BCUT2D eigenvalue weighted by Gasteiger charge is 2.29. The number of rotatable bonds is 6. The van der Waals surface area contributed by atoms with Crippen molar-refractivity contribution in [2.75, 3.05) is 14.2 Å². The topological polar surface area (TPSA) is 42.2 Å². The summed E-state index contributed by atoms with van der Waals surface area (Å²) in [6.07, 6.45) is 0. The number of benzene rings is 3. The minimum absolute atomic E-state index is 0.612. The van der Waals surface area contributed by atoms with Crippen LogP contribution in [0.2, 0.25) is 0 Å². The molecule has 1 unspecified atom stereocenters. The quantitative estimate of drug-likeness (QED) is 0.307. The lowest BCUT2D eigenvalue weighted by Gasteiger charge is -2.22. The molecule has 0 amide bonds. The highest BCUT2D eigenvalue weighted by molar-refractivity contribution is 8.00. The largest absolute Gasteiger partial charge is 0.493 e. The number of alkyl halides is 1. The first-order valence-electron chi connectivity index (χ1n) is 9.45. The van der Waals surface area contributed by atoms with Crippen LogP contribution in [0.5, 0.6) is 11.5 Å². The molecule has 3 aromatic carbocycles. The molecule has 0 N–H and O–H groups in total. The van der Waals surface area contributed by atoms with E-state index in [-0.39, 0.29) is 0 Å². The Labute approximate surface area is 188 Å². The van der Waals surface area contributed by atoms with Gasteiger partial charge in [0.15, 0.2) is 11.5 Å². The number of methoxy groups -OCH3 is 2. The van der Waals surface area contributed by atoms with Crippen molar-refractivity contribution < 1.29 is 9.47 Å². The second-order valence-corrected chi connectivity index (χ2v) is 8.51. The first-order chi connectivity index (χ1) is 14.5. The van der Waals surface area contributed by atoms with E-state index in [0.717, 1.165) is 10.5 Å². The molecule has 0 aromatic heterocycles. The van der Waals surface area contributed by atoms with Gasteiger partial charge < -0.3 is 9.47 Å². The zero-order valence-electron chi connectivity index (χ0n) is 17.7. The Morgan fingerprint density at radius 3 is 2.07 bits per heavy atom. The van der Waals surface area contributed by atoms with Gasteiger partial charge in [-0.2, -0.15) is 5.26 Å². The van der Waals surface area contributed by atoms with Crippen molar-refractivity contribution in [2.24, 2.45) is 0 Å². The predicted molar refractivity (Wildman–Crippen MR) is 126 cm³/mol. The molecule has 0 saturated heterocycles. The zero-order chi connectivity index (χ0) is 22.0. The Morgan fingerprint density at radius 1 is 0.933 bits per heavy atom. The van der Waals surface area contributed by atoms with Crippen LogP contribution >= 0.6 is 23.4 Å². The summed E-state index contributed by atoms with van der Waals surface area (Å²) < 4.78 is 9.89. The van der Waals surface area contributed by atoms with E-state index in [1.807, 2.05) is 74.5 Å². The van der Waals surface area contributed by atoms with Crippen LogP contribution in [0.25, 0.3) is 0 Å². The number of ether oxygens (including phenoxy) is 2. The summed E-state index contributed by atoms with van der Waals surface area (Å²) in [6, 6.07) is 26.2. The summed E-state index contributed by atoms with van der Waals surface area (Å²) in [6.45, 7) is 3.96. The normalized spacial score (nSPS) is 12.0. The SMILES string of the molecule is COc1ccc(C(C)(C#N)Sc2ccc(C)cc2)cc1OC.ClCc1ccccc1. The summed E-state index contributed by atoms with van der Waals surface area (Å²) in [5.41, 5.74) is 3.27. The highest BCUT2D eigenvalue weighted by Crippen LogP contribution is 2.43. The third-order valence-electron chi connectivity index (χ3n) is 4.49. The molecule has 3 aromatic rings. The van der Waals surface area contributed by atoms with Crippen molar-refractivity contribution in [3.05, 3.63) is 89.5 Å². The molecule has 0 heterocycles. The van der Waals surface area contributed by atoms with Crippen LogP contribution in [0.4, 0.5) is 0 Å². The average molecular weight is 440 g/mol. The zero-order valence-corrected chi connectivity index (χ0v) is 19.3. The van der Waals surface area contributed by atoms with Crippen LogP contribution in [0, 0.1) is 18.3 Å². The molecular formula is C25H26ClNO2S. The van der Waals surface area contributed by atoms with Gasteiger partial charge in [0.25, 0.3) is 0 Å². The fraction of sp³-hybridized carbons (Fsp3) is 0.240. The summed E-state index contributed by atoms with van der Waals surface area (Å²) in [4.78, 5) is 1.06. The van der Waals surface area contributed by atoms with Gasteiger partial charge in [0.2, 0.25) is 0 Å². The summed E-state index contributed by atoms with van der Waals surface area (Å²) >= 11 is 7.05. The molecule has 0 saturated carbocycles. The van der Waals surface area contributed by atoms with Gasteiger partial charge >= 0.3 is 0 Å². The molecule has 3 nitrogen and oxygen atoms in total. The van der Waals surface area contributed by atoms with E-state index in [0.29, 0.717) is 17.4 Å². The Kier molecular flexibility index (Phi) is 9.11. The monoisotopic (exact) mass is 439 g/mol. The Balaban J connectivity index is 0.000000335. The Hall–Kier alpha value is -2.61. The number of hydrogen-bond acceptors (Lipinski definition) is 4. The minimum atomic E-state index is -0.700. The molecule has 0 aliphatic rings. The molecule has 156 valence electrons. The van der Waals surface area contributed by atoms with Crippen LogP contribution in [0.3, 0.4) is 0 Å².